The van der Waals surface area contributed by atoms with E-state index in [2.05, 4.69) is 26.1 Å². The molecule has 0 spiro atoms. The Bertz CT molecular complexity index is 1560. The lowest BCUT2D eigenvalue weighted by molar-refractivity contribution is 0.0616. The molecule has 33 heavy (non-hydrogen) atoms. The largest absolute Gasteiger partial charge is 0.295 e. The molecule has 0 saturated carbocycles. The second-order valence-corrected chi connectivity index (χ2v) is 8.93. The third-order valence-corrected chi connectivity index (χ3v) is 6.54. The van der Waals surface area contributed by atoms with Gasteiger partial charge in [0.1, 0.15) is 0 Å². The molecule has 0 bridgehead atoms. The molecule has 8 heteroatoms. The summed E-state index contributed by atoms with van der Waals surface area (Å²) >= 11 is 3.47. The molecular formula is C25H19BrN4O3. The molecule has 3 aromatic carbocycles. The molecule has 2 amide bonds. The maximum atomic E-state index is 13.1. The van der Waals surface area contributed by atoms with Crippen LogP contribution in [-0.4, -0.2) is 32.8 Å². The lowest BCUT2D eigenvalue weighted by Gasteiger charge is -2.23. The molecule has 0 atom stereocenters. The molecule has 1 aromatic heterocycles. The van der Waals surface area contributed by atoms with Gasteiger partial charge in [0.05, 0.1) is 28.6 Å². The number of benzene rings is 3. The van der Waals surface area contributed by atoms with Crippen LogP contribution in [-0.2, 0) is 0 Å². The van der Waals surface area contributed by atoms with Crippen LogP contribution in [0.3, 0.4) is 0 Å². The van der Waals surface area contributed by atoms with Gasteiger partial charge < -0.3 is 0 Å². The Morgan fingerprint density at radius 3 is 2.39 bits per heavy atom. The van der Waals surface area contributed by atoms with E-state index in [1.54, 1.807) is 31.2 Å². The summed E-state index contributed by atoms with van der Waals surface area (Å²) in [5.41, 5.74) is 4.08. The molecule has 1 aliphatic rings. The number of carbonyl (C=O) groups is 2. The van der Waals surface area contributed by atoms with Gasteiger partial charge in [0.25, 0.3) is 17.4 Å². The zero-order chi connectivity index (χ0) is 23.4. The second kappa shape index (κ2) is 7.67. The lowest BCUT2D eigenvalue weighted by atomic mass is 9.95. The molecule has 164 valence electrons. The Morgan fingerprint density at radius 1 is 0.939 bits per heavy atom. The number of amides is 2. The number of aryl methyl sites for hydroxylation is 3. The number of aromatic nitrogens is 2. The normalized spacial score (nSPS) is 13.5. The Labute approximate surface area is 197 Å². The molecule has 0 radical (unpaired) electrons. The number of rotatable bonds is 3. The zero-order valence-corrected chi connectivity index (χ0v) is 19.7. The third kappa shape index (κ3) is 3.25. The number of hydrogen-bond acceptors (Lipinski definition) is 4. The predicted octanol–water partition coefficient (Wildman–Crippen LogP) is 4.64. The Morgan fingerprint density at radius 2 is 1.67 bits per heavy atom. The van der Waals surface area contributed by atoms with Crippen molar-refractivity contribution < 1.29 is 9.59 Å². The third-order valence-electron chi connectivity index (χ3n) is 5.85. The summed E-state index contributed by atoms with van der Waals surface area (Å²) in [5.74, 6) is -1.06. The van der Waals surface area contributed by atoms with Crippen LogP contribution in [0.25, 0.3) is 16.5 Å². The van der Waals surface area contributed by atoms with Crippen molar-refractivity contribution in [2.75, 3.05) is 0 Å². The fraction of sp³-hybridized carbons (Fsp3) is 0.120. The van der Waals surface area contributed by atoms with E-state index in [9.17, 15) is 14.4 Å². The number of nitrogens with zero attached hydrogens (tertiary/aromatic N) is 3. The van der Waals surface area contributed by atoms with Crippen molar-refractivity contribution in [3.63, 3.8) is 0 Å². The summed E-state index contributed by atoms with van der Waals surface area (Å²) in [4.78, 5) is 39.3. The van der Waals surface area contributed by atoms with Crippen LogP contribution in [0.15, 0.2) is 62.9 Å². The molecule has 2 heterocycles. The van der Waals surface area contributed by atoms with Crippen molar-refractivity contribution in [3.05, 3.63) is 96.9 Å². The highest BCUT2D eigenvalue weighted by atomic mass is 79.9. The lowest BCUT2D eigenvalue weighted by Crippen LogP contribution is -2.36. The van der Waals surface area contributed by atoms with Crippen LogP contribution in [0.2, 0.25) is 0 Å². The minimum Gasteiger partial charge on any atom is -0.295 e. The number of carbonyl (C=O) groups excluding carboxylic acids is 2. The number of nitrogens with one attached hydrogen (secondary N) is 1. The van der Waals surface area contributed by atoms with E-state index < -0.39 is 11.8 Å². The SMILES string of the molecule is Cc1ccc(-n2[nH]c(C)c(/C=N/N3C(=O)c4cccc5c(Br)ccc(c45)C3=O)c2=O)c(C)c1. The minimum atomic E-state index is -0.532. The van der Waals surface area contributed by atoms with Crippen LogP contribution in [0.5, 0.6) is 0 Å². The predicted molar refractivity (Wildman–Crippen MR) is 130 cm³/mol. The number of hydrazone groups is 1. The number of H-pyrrole nitrogens is 1. The van der Waals surface area contributed by atoms with Gasteiger partial charge >= 0.3 is 0 Å². The molecule has 1 N–H and O–H groups in total. The number of halogens is 1. The topological polar surface area (TPSA) is 87.5 Å². The first-order valence-corrected chi connectivity index (χ1v) is 11.1. The van der Waals surface area contributed by atoms with Gasteiger partial charge in [-0.05, 0) is 56.0 Å². The first kappa shape index (κ1) is 21.1. The van der Waals surface area contributed by atoms with Crippen LogP contribution >= 0.6 is 15.9 Å². The zero-order valence-electron chi connectivity index (χ0n) is 18.1. The molecule has 7 nitrogen and oxygen atoms in total. The van der Waals surface area contributed by atoms with E-state index in [1.165, 1.54) is 10.9 Å². The highest BCUT2D eigenvalue weighted by Gasteiger charge is 2.33. The summed E-state index contributed by atoms with van der Waals surface area (Å²) in [6.45, 7) is 5.66. The Kier molecular flexibility index (Phi) is 4.90. The number of hydrogen-bond donors (Lipinski definition) is 1. The van der Waals surface area contributed by atoms with Gasteiger partial charge in [0, 0.05) is 15.6 Å². The van der Waals surface area contributed by atoms with E-state index in [4.69, 9.17) is 0 Å². The molecule has 0 aliphatic carbocycles. The van der Waals surface area contributed by atoms with E-state index in [-0.39, 0.29) is 11.1 Å². The van der Waals surface area contributed by atoms with Gasteiger partial charge in [-0.25, -0.2) is 4.68 Å². The molecule has 0 saturated heterocycles. The van der Waals surface area contributed by atoms with Crippen molar-refractivity contribution in [3.8, 4) is 5.69 Å². The van der Waals surface area contributed by atoms with E-state index in [1.807, 2.05) is 38.1 Å². The van der Waals surface area contributed by atoms with Crippen molar-refractivity contribution >= 4 is 44.7 Å². The van der Waals surface area contributed by atoms with Crippen LogP contribution in [0, 0.1) is 20.8 Å². The average Bonchev–Trinajstić information content (AvgIpc) is 3.06. The van der Waals surface area contributed by atoms with Gasteiger partial charge in [-0.3, -0.25) is 19.5 Å². The molecule has 1 aliphatic heterocycles. The monoisotopic (exact) mass is 502 g/mol. The summed E-state index contributed by atoms with van der Waals surface area (Å²) in [6.07, 6.45) is 1.27. The Hall–Kier alpha value is -3.78. The van der Waals surface area contributed by atoms with Crippen LogP contribution in [0.4, 0.5) is 0 Å². The quantitative estimate of drug-likeness (QED) is 0.327. The van der Waals surface area contributed by atoms with Crippen LogP contribution < -0.4 is 5.56 Å². The standard InChI is InChI=1S/C25H19BrN4O3/c1-13-7-10-21(14(2)11-13)29-25(33)19(15(3)28-29)12-27-30-23(31)17-6-4-5-16-20(26)9-8-18(22(16)17)24(30)32/h4-12,28H,1-3H3/b27-12+. The van der Waals surface area contributed by atoms with Crippen molar-refractivity contribution in [1.82, 2.24) is 14.8 Å². The summed E-state index contributed by atoms with van der Waals surface area (Å²) < 4.78 is 2.24. The molecule has 0 unspecified atom stereocenters. The smallest absolute Gasteiger partial charge is 0.282 e. The number of imide groups is 1. The van der Waals surface area contributed by atoms with Crippen molar-refractivity contribution in [2.45, 2.75) is 20.8 Å². The summed E-state index contributed by atoms with van der Waals surface area (Å²) in [7, 11) is 0. The fourth-order valence-corrected chi connectivity index (χ4v) is 4.67. The highest BCUT2D eigenvalue weighted by Crippen LogP contribution is 2.34. The first-order valence-electron chi connectivity index (χ1n) is 10.3. The Balaban J connectivity index is 1.56. The van der Waals surface area contributed by atoms with E-state index in [0.717, 1.165) is 31.7 Å². The second-order valence-electron chi connectivity index (χ2n) is 8.07. The van der Waals surface area contributed by atoms with Gasteiger partial charge in [-0.15, -0.1) is 0 Å². The fourth-order valence-electron chi connectivity index (χ4n) is 4.21. The molecule has 5 rings (SSSR count). The molecule has 0 fully saturated rings. The maximum absolute atomic E-state index is 13.1. The van der Waals surface area contributed by atoms with Gasteiger partial charge in [0.15, 0.2) is 0 Å². The summed E-state index contributed by atoms with van der Waals surface area (Å²) in [6, 6.07) is 14.5. The number of aromatic amines is 1. The molecular weight excluding hydrogens is 484 g/mol. The minimum absolute atomic E-state index is 0.274. The van der Waals surface area contributed by atoms with Crippen LogP contribution in [0.1, 0.15) is 43.1 Å². The van der Waals surface area contributed by atoms with Gasteiger partial charge in [-0.1, -0.05) is 45.8 Å². The maximum Gasteiger partial charge on any atom is 0.282 e. The highest BCUT2D eigenvalue weighted by molar-refractivity contribution is 9.10. The van der Waals surface area contributed by atoms with Crippen molar-refractivity contribution in [1.29, 1.82) is 0 Å². The van der Waals surface area contributed by atoms with Crippen molar-refractivity contribution in [2.24, 2.45) is 5.10 Å². The first-order chi connectivity index (χ1) is 15.8. The average molecular weight is 503 g/mol. The molecule has 4 aromatic rings. The van der Waals surface area contributed by atoms with E-state index >= 15 is 0 Å². The van der Waals surface area contributed by atoms with E-state index in [0.29, 0.717) is 22.2 Å². The summed E-state index contributed by atoms with van der Waals surface area (Å²) in [5, 5.41) is 9.41. The van der Waals surface area contributed by atoms with Gasteiger partial charge in [0.2, 0.25) is 0 Å². The van der Waals surface area contributed by atoms with Gasteiger partial charge in [-0.2, -0.15) is 10.1 Å².